The van der Waals surface area contributed by atoms with Crippen LogP contribution in [-0.2, 0) is 0 Å². The number of nitrogens with zero attached hydrogens (tertiary/aromatic N) is 2. The van der Waals surface area contributed by atoms with Gasteiger partial charge in [0.15, 0.2) is 0 Å². The van der Waals surface area contributed by atoms with Crippen molar-refractivity contribution >= 4 is 0 Å². The van der Waals surface area contributed by atoms with Gasteiger partial charge in [0, 0.05) is 6.54 Å². The molecule has 0 aromatic carbocycles. The summed E-state index contributed by atoms with van der Waals surface area (Å²) in [6.07, 6.45) is 5.71. The highest BCUT2D eigenvalue weighted by molar-refractivity contribution is 4.76. The van der Waals surface area contributed by atoms with Crippen LogP contribution in [0.5, 0.6) is 0 Å². The van der Waals surface area contributed by atoms with Crippen molar-refractivity contribution < 1.29 is 0 Å². The Hall–Kier alpha value is -0.120. The molecule has 2 N–H and O–H groups in total. The fourth-order valence-electron chi connectivity index (χ4n) is 2.42. The summed E-state index contributed by atoms with van der Waals surface area (Å²) in [5, 5.41) is 0. The first-order valence-electron chi connectivity index (χ1n) is 5.58. The lowest BCUT2D eigenvalue weighted by Crippen LogP contribution is -2.47. The number of rotatable bonds is 3. The van der Waals surface area contributed by atoms with Gasteiger partial charge in [0.25, 0.3) is 0 Å². The minimum atomic E-state index is 0.292. The molecule has 2 aliphatic heterocycles. The molecule has 0 amide bonds. The van der Waals surface area contributed by atoms with E-state index in [-0.39, 0.29) is 0 Å². The molecule has 0 saturated carbocycles. The Morgan fingerprint density at radius 3 is 2.08 bits per heavy atom. The molecule has 0 aromatic rings. The molecule has 0 radical (unpaired) electrons. The van der Waals surface area contributed by atoms with E-state index in [4.69, 9.17) is 5.73 Å². The molecule has 0 spiro atoms. The Bertz CT molecular complexity index is 148. The van der Waals surface area contributed by atoms with Crippen LogP contribution in [0, 0.1) is 0 Å². The molecule has 2 aliphatic rings. The van der Waals surface area contributed by atoms with E-state index in [0.29, 0.717) is 6.17 Å². The zero-order valence-corrected chi connectivity index (χ0v) is 8.41. The summed E-state index contributed by atoms with van der Waals surface area (Å²) >= 11 is 0. The van der Waals surface area contributed by atoms with Crippen molar-refractivity contribution in [3.63, 3.8) is 0 Å². The second-order valence-electron chi connectivity index (χ2n) is 4.32. The van der Waals surface area contributed by atoms with Gasteiger partial charge in [-0.25, -0.2) is 0 Å². The fourth-order valence-corrected chi connectivity index (χ4v) is 2.42. The first kappa shape index (κ1) is 9.44. The van der Waals surface area contributed by atoms with Gasteiger partial charge < -0.3 is 10.6 Å². The van der Waals surface area contributed by atoms with Gasteiger partial charge in [0.05, 0.1) is 6.17 Å². The van der Waals surface area contributed by atoms with Crippen molar-refractivity contribution in [2.24, 2.45) is 5.73 Å². The Labute approximate surface area is 80.9 Å². The van der Waals surface area contributed by atoms with Gasteiger partial charge in [-0.15, -0.1) is 0 Å². The average Bonchev–Trinajstić information content (AvgIpc) is 2.74. The molecule has 0 aromatic heterocycles. The van der Waals surface area contributed by atoms with Crippen molar-refractivity contribution in [1.82, 2.24) is 9.80 Å². The SMILES string of the molecule is NC(CN1CCCC1)N1CCCC1. The summed E-state index contributed by atoms with van der Waals surface area (Å²) in [6.45, 7) is 6.05. The first-order chi connectivity index (χ1) is 6.36. The van der Waals surface area contributed by atoms with E-state index in [0.717, 1.165) is 6.54 Å². The summed E-state index contributed by atoms with van der Waals surface area (Å²) in [6, 6.07) is 0. The predicted octanol–water partition coefficient (Wildman–Crippen LogP) is 0.463. The van der Waals surface area contributed by atoms with E-state index in [1.54, 1.807) is 0 Å². The highest BCUT2D eigenvalue weighted by Crippen LogP contribution is 2.12. The molecule has 1 unspecified atom stereocenters. The molecule has 1 atom stereocenters. The lowest BCUT2D eigenvalue weighted by molar-refractivity contribution is 0.183. The normalized spacial score (nSPS) is 28.4. The molecule has 76 valence electrons. The van der Waals surface area contributed by atoms with Crippen molar-refractivity contribution in [3.8, 4) is 0 Å². The van der Waals surface area contributed by atoms with Crippen LogP contribution in [0.3, 0.4) is 0 Å². The zero-order valence-electron chi connectivity index (χ0n) is 8.41. The lowest BCUT2D eigenvalue weighted by atomic mass is 10.4. The minimum Gasteiger partial charge on any atom is -0.315 e. The van der Waals surface area contributed by atoms with Crippen molar-refractivity contribution in [1.29, 1.82) is 0 Å². The minimum absolute atomic E-state index is 0.292. The highest BCUT2D eigenvalue weighted by Gasteiger charge is 2.21. The fraction of sp³-hybridized carbons (Fsp3) is 1.00. The monoisotopic (exact) mass is 183 g/mol. The quantitative estimate of drug-likeness (QED) is 0.690. The van der Waals surface area contributed by atoms with E-state index in [9.17, 15) is 0 Å². The van der Waals surface area contributed by atoms with Crippen LogP contribution in [0.2, 0.25) is 0 Å². The van der Waals surface area contributed by atoms with Gasteiger partial charge in [0.2, 0.25) is 0 Å². The molecule has 13 heavy (non-hydrogen) atoms. The topological polar surface area (TPSA) is 32.5 Å². The second kappa shape index (κ2) is 4.40. The van der Waals surface area contributed by atoms with E-state index >= 15 is 0 Å². The van der Waals surface area contributed by atoms with E-state index in [1.807, 2.05) is 0 Å². The second-order valence-corrected chi connectivity index (χ2v) is 4.32. The molecule has 2 fully saturated rings. The molecule has 2 heterocycles. The standard InChI is InChI=1S/C10H21N3/c11-10(13-7-3-4-8-13)9-12-5-1-2-6-12/h10H,1-9,11H2. The van der Waals surface area contributed by atoms with Gasteiger partial charge in [-0.05, 0) is 51.9 Å². The number of nitrogens with two attached hydrogens (primary N) is 1. The largest absolute Gasteiger partial charge is 0.315 e. The number of likely N-dealkylation sites (tertiary alicyclic amines) is 2. The van der Waals surface area contributed by atoms with Crippen molar-refractivity contribution in [2.75, 3.05) is 32.7 Å². The Kier molecular flexibility index (Phi) is 3.19. The van der Waals surface area contributed by atoms with Gasteiger partial charge in [-0.1, -0.05) is 0 Å². The molecule has 0 aliphatic carbocycles. The molecule has 2 rings (SSSR count). The average molecular weight is 183 g/mol. The van der Waals surface area contributed by atoms with Crippen molar-refractivity contribution in [3.05, 3.63) is 0 Å². The van der Waals surface area contributed by atoms with E-state index < -0.39 is 0 Å². The number of hydrogen-bond donors (Lipinski definition) is 1. The van der Waals surface area contributed by atoms with Crippen LogP contribution in [0.25, 0.3) is 0 Å². The summed E-state index contributed by atoms with van der Waals surface area (Å²) in [5.74, 6) is 0. The Morgan fingerprint density at radius 1 is 0.923 bits per heavy atom. The van der Waals surface area contributed by atoms with Crippen LogP contribution in [0.4, 0.5) is 0 Å². The maximum absolute atomic E-state index is 6.14. The van der Waals surface area contributed by atoms with Crippen LogP contribution in [-0.4, -0.2) is 48.7 Å². The van der Waals surface area contributed by atoms with Gasteiger partial charge in [-0.2, -0.15) is 0 Å². The smallest absolute Gasteiger partial charge is 0.0703 e. The Balaban J connectivity index is 1.73. The van der Waals surface area contributed by atoms with Gasteiger partial charge >= 0.3 is 0 Å². The van der Waals surface area contributed by atoms with Crippen LogP contribution < -0.4 is 5.73 Å². The number of hydrogen-bond acceptors (Lipinski definition) is 3. The zero-order chi connectivity index (χ0) is 9.10. The molecule has 3 nitrogen and oxygen atoms in total. The van der Waals surface area contributed by atoms with E-state index in [1.165, 1.54) is 51.9 Å². The van der Waals surface area contributed by atoms with Gasteiger partial charge in [-0.3, -0.25) is 4.90 Å². The summed E-state index contributed by atoms with van der Waals surface area (Å²) in [5.41, 5.74) is 6.14. The molecule has 0 bridgehead atoms. The van der Waals surface area contributed by atoms with Gasteiger partial charge in [0.1, 0.15) is 0 Å². The predicted molar refractivity (Wildman–Crippen MR) is 54.5 cm³/mol. The summed E-state index contributed by atoms with van der Waals surface area (Å²) in [4.78, 5) is 4.93. The highest BCUT2D eigenvalue weighted by atomic mass is 15.3. The van der Waals surface area contributed by atoms with E-state index in [2.05, 4.69) is 9.80 Å². The third-order valence-corrected chi connectivity index (χ3v) is 3.25. The maximum Gasteiger partial charge on any atom is 0.0703 e. The first-order valence-corrected chi connectivity index (χ1v) is 5.58. The summed E-state index contributed by atoms with van der Waals surface area (Å²) < 4.78 is 0. The van der Waals surface area contributed by atoms with Crippen LogP contribution in [0.1, 0.15) is 25.7 Å². The molecule has 3 heteroatoms. The lowest BCUT2D eigenvalue weighted by Gasteiger charge is -2.27. The molecular formula is C10H21N3. The van der Waals surface area contributed by atoms with Crippen LogP contribution in [0.15, 0.2) is 0 Å². The third kappa shape index (κ3) is 2.42. The summed E-state index contributed by atoms with van der Waals surface area (Å²) in [7, 11) is 0. The molecule has 2 saturated heterocycles. The Morgan fingerprint density at radius 2 is 1.46 bits per heavy atom. The molecular weight excluding hydrogens is 162 g/mol. The third-order valence-electron chi connectivity index (χ3n) is 3.25. The maximum atomic E-state index is 6.14. The van der Waals surface area contributed by atoms with Crippen molar-refractivity contribution in [2.45, 2.75) is 31.8 Å². The van der Waals surface area contributed by atoms with Crippen LogP contribution >= 0.6 is 0 Å².